The van der Waals surface area contributed by atoms with Gasteiger partial charge in [0.1, 0.15) is 12.1 Å². The van der Waals surface area contributed by atoms with E-state index >= 15 is 0 Å². The van der Waals surface area contributed by atoms with Gasteiger partial charge in [-0.15, -0.1) is 0 Å². The first-order valence-electron chi connectivity index (χ1n) is 5.46. The Balaban J connectivity index is 2.17. The summed E-state index contributed by atoms with van der Waals surface area (Å²) in [5.41, 5.74) is 6.66. The molecule has 1 aromatic carbocycles. The van der Waals surface area contributed by atoms with E-state index in [4.69, 9.17) is 5.73 Å². The number of anilines is 1. The Hall–Kier alpha value is -1.68. The van der Waals surface area contributed by atoms with E-state index in [-0.39, 0.29) is 6.04 Å². The average Bonchev–Trinajstić information content (AvgIpc) is 2.29. The van der Waals surface area contributed by atoms with Crippen LogP contribution in [0.2, 0.25) is 0 Å². The lowest BCUT2D eigenvalue weighted by Crippen LogP contribution is -2.19. The van der Waals surface area contributed by atoms with E-state index in [9.17, 15) is 0 Å². The van der Waals surface area contributed by atoms with Crippen LogP contribution in [0, 0.1) is 0 Å². The number of aromatic nitrogens is 2. The fourth-order valence-electron chi connectivity index (χ4n) is 1.56. The average molecular weight is 216 g/mol. The monoisotopic (exact) mass is 216 g/mol. The minimum absolute atomic E-state index is 0.209. The van der Waals surface area contributed by atoms with Gasteiger partial charge in [0.15, 0.2) is 0 Å². The maximum atomic E-state index is 5.70. The van der Waals surface area contributed by atoms with Crippen LogP contribution in [0.1, 0.15) is 13.3 Å². The highest BCUT2D eigenvalue weighted by Gasteiger charge is 2.02. The summed E-state index contributed by atoms with van der Waals surface area (Å²) in [5.74, 6) is 0.881. The van der Waals surface area contributed by atoms with Gasteiger partial charge in [0.2, 0.25) is 0 Å². The Labute approximate surface area is 94.9 Å². The number of nitrogens with one attached hydrogen (secondary N) is 1. The minimum Gasteiger partial charge on any atom is -0.369 e. The number of nitrogens with zero attached hydrogens (tertiary/aromatic N) is 2. The Morgan fingerprint density at radius 1 is 1.31 bits per heavy atom. The van der Waals surface area contributed by atoms with Gasteiger partial charge in [-0.25, -0.2) is 9.97 Å². The third-order valence-corrected chi connectivity index (χ3v) is 2.43. The first-order chi connectivity index (χ1) is 7.77. The van der Waals surface area contributed by atoms with Crippen molar-refractivity contribution in [3.05, 3.63) is 30.6 Å². The molecule has 0 aliphatic carbocycles. The van der Waals surface area contributed by atoms with E-state index < -0.39 is 0 Å². The largest absolute Gasteiger partial charge is 0.369 e. The quantitative estimate of drug-likeness (QED) is 0.817. The number of rotatable bonds is 4. The van der Waals surface area contributed by atoms with Gasteiger partial charge < -0.3 is 11.1 Å². The molecular formula is C12H16N4. The third-order valence-electron chi connectivity index (χ3n) is 2.43. The van der Waals surface area contributed by atoms with Crippen molar-refractivity contribution >= 4 is 16.7 Å². The van der Waals surface area contributed by atoms with E-state index in [1.165, 1.54) is 0 Å². The van der Waals surface area contributed by atoms with Gasteiger partial charge in [0.25, 0.3) is 0 Å². The molecule has 0 aliphatic heterocycles. The van der Waals surface area contributed by atoms with Crippen LogP contribution < -0.4 is 11.1 Å². The topological polar surface area (TPSA) is 63.8 Å². The summed E-state index contributed by atoms with van der Waals surface area (Å²) in [6.07, 6.45) is 2.51. The molecule has 1 aromatic heterocycles. The van der Waals surface area contributed by atoms with Crippen LogP contribution in [0.4, 0.5) is 5.82 Å². The van der Waals surface area contributed by atoms with Gasteiger partial charge in [-0.2, -0.15) is 0 Å². The minimum atomic E-state index is 0.209. The Kier molecular flexibility index (Phi) is 3.31. The molecule has 16 heavy (non-hydrogen) atoms. The van der Waals surface area contributed by atoms with Gasteiger partial charge in [-0.3, -0.25) is 0 Å². The molecule has 4 nitrogen and oxygen atoms in total. The van der Waals surface area contributed by atoms with E-state index in [0.29, 0.717) is 0 Å². The molecule has 2 rings (SSSR count). The summed E-state index contributed by atoms with van der Waals surface area (Å²) in [7, 11) is 0. The predicted octanol–water partition coefficient (Wildman–Crippen LogP) is 1.78. The Morgan fingerprint density at radius 3 is 2.94 bits per heavy atom. The van der Waals surface area contributed by atoms with E-state index in [1.807, 2.05) is 31.2 Å². The summed E-state index contributed by atoms with van der Waals surface area (Å²) >= 11 is 0. The molecular weight excluding hydrogens is 200 g/mol. The summed E-state index contributed by atoms with van der Waals surface area (Å²) in [6.45, 7) is 2.83. The lowest BCUT2D eigenvalue weighted by atomic mass is 10.2. The van der Waals surface area contributed by atoms with Crippen molar-refractivity contribution in [3.63, 3.8) is 0 Å². The van der Waals surface area contributed by atoms with Crippen LogP contribution in [0.25, 0.3) is 10.9 Å². The van der Waals surface area contributed by atoms with Crippen molar-refractivity contribution in [1.29, 1.82) is 0 Å². The summed E-state index contributed by atoms with van der Waals surface area (Å²) in [5, 5.41) is 4.34. The SMILES string of the molecule is CC(N)CCNc1ncnc2ccccc12. The molecule has 2 aromatic rings. The maximum Gasteiger partial charge on any atom is 0.137 e. The van der Waals surface area contributed by atoms with Crippen molar-refractivity contribution in [3.8, 4) is 0 Å². The van der Waals surface area contributed by atoms with Crippen molar-refractivity contribution in [2.45, 2.75) is 19.4 Å². The number of fused-ring (bicyclic) bond motifs is 1. The molecule has 1 unspecified atom stereocenters. The summed E-state index contributed by atoms with van der Waals surface area (Å²) in [4.78, 5) is 8.45. The summed E-state index contributed by atoms with van der Waals surface area (Å²) in [6, 6.07) is 8.17. The van der Waals surface area contributed by atoms with Gasteiger partial charge in [-0.1, -0.05) is 12.1 Å². The summed E-state index contributed by atoms with van der Waals surface area (Å²) < 4.78 is 0. The van der Waals surface area contributed by atoms with E-state index in [0.717, 1.165) is 29.7 Å². The van der Waals surface area contributed by atoms with E-state index in [1.54, 1.807) is 6.33 Å². The van der Waals surface area contributed by atoms with Gasteiger partial charge in [0.05, 0.1) is 5.52 Å². The molecule has 0 aliphatic rings. The van der Waals surface area contributed by atoms with E-state index in [2.05, 4.69) is 15.3 Å². The normalized spacial score (nSPS) is 12.6. The zero-order valence-corrected chi connectivity index (χ0v) is 9.35. The van der Waals surface area contributed by atoms with Crippen LogP contribution in [-0.2, 0) is 0 Å². The van der Waals surface area contributed by atoms with Gasteiger partial charge in [0, 0.05) is 18.0 Å². The van der Waals surface area contributed by atoms with Crippen molar-refractivity contribution in [2.75, 3.05) is 11.9 Å². The van der Waals surface area contributed by atoms with Crippen LogP contribution >= 0.6 is 0 Å². The number of nitrogens with two attached hydrogens (primary N) is 1. The van der Waals surface area contributed by atoms with Crippen LogP contribution in [0.15, 0.2) is 30.6 Å². The fourth-order valence-corrected chi connectivity index (χ4v) is 1.56. The first kappa shape index (κ1) is 10.8. The lowest BCUT2D eigenvalue weighted by molar-refractivity contribution is 0.689. The van der Waals surface area contributed by atoms with Gasteiger partial charge >= 0.3 is 0 Å². The highest BCUT2D eigenvalue weighted by atomic mass is 15.0. The molecule has 0 saturated carbocycles. The second-order valence-corrected chi connectivity index (χ2v) is 3.93. The van der Waals surface area contributed by atoms with Crippen LogP contribution in [0.5, 0.6) is 0 Å². The molecule has 0 radical (unpaired) electrons. The van der Waals surface area contributed by atoms with Gasteiger partial charge in [-0.05, 0) is 25.5 Å². The molecule has 0 fully saturated rings. The third kappa shape index (κ3) is 2.46. The second kappa shape index (κ2) is 4.90. The lowest BCUT2D eigenvalue weighted by Gasteiger charge is -2.09. The fraction of sp³-hybridized carbons (Fsp3) is 0.333. The standard InChI is InChI=1S/C12H16N4/c1-9(13)6-7-14-12-10-4-2-3-5-11(10)15-8-16-12/h2-5,8-9H,6-7,13H2,1H3,(H,14,15,16). The van der Waals surface area contributed by atoms with Crippen molar-refractivity contribution in [2.24, 2.45) is 5.73 Å². The molecule has 1 atom stereocenters. The molecule has 84 valence electrons. The highest BCUT2D eigenvalue weighted by molar-refractivity contribution is 5.88. The van der Waals surface area contributed by atoms with Crippen LogP contribution in [-0.4, -0.2) is 22.6 Å². The second-order valence-electron chi connectivity index (χ2n) is 3.93. The predicted molar refractivity (Wildman–Crippen MR) is 66.3 cm³/mol. The maximum absolute atomic E-state index is 5.70. The number of hydrogen-bond acceptors (Lipinski definition) is 4. The van der Waals surface area contributed by atoms with Crippen LogP contribution in [0.3, 0.4) is 0 Å². The molecule has 3 N–H and O–H groups in total. The number of para-hydroxylation sites is 1. The molecule has 0 bridgehead atoms. The molecule has 0 amide bonds. The Bertz CT molecular complexity index is 462. The molecule has 0 spiro atoms. The number of benzene rings is 1. The zero-order chi connectivity index (χ0) is 11.4. The number of hydrogen-bond donors (Lipinski definition) is 2. The molecule has 1 heterocycles. The zero-order valence-electron chi connectivity index (χ0n) is 9.35. The molecule has 0 saturated heterocycles. The van der Waals surface area contributed by atoms with Crippen molar-refractivity contribution in [1.82, 2.24) is 9.97 Å². The first-order valence-corrected chi connectivity index (χ1v) is 5.46. The Morgan fingerprint density at radius 2 is 2.12 bits per heavy atom. The smallest absolute Gasteiger partial charge is 0.137 e. The highest BCUT2D eigenvalue weighted by Crippen LogP contribution is 2.17. The molecule has 4 heteroatoms. The van der Waals surface area contributed by atoms with Crippen molar-refractivity contribution < 1.29 is 0 Å².